The van der Waals surface area contributed by atoms with Crippen LogP contribution in [-0.4, -0.2) is 9.78 Å². The van der Waals surface area contributed by atoms with Crippen molar-refractivity contribution in [2.45, 2.75) is 20.4 Å². The van der Waals surface area contributed by atoms with E-state index in [4.69, 9.17) is 0 Å². The van der Waals surface area contributed by atoms with Crippen molar-refractivity contribution in [3.8, 4) is 0 Å². The first-order valence-electron chi connectivity index (χ1n) is 2.93. The third-order valence-electron chi connectivity index (χ3n) is 1.34. The van der Waals surface area contributed by atoms with Crippen LogP contribution >= 0.6 is 15.9 Å². The van der Waals surface area contributed by atoms with Crippen molar-refractivity contribution in [2.75, 3.05) is 0 Å². The molecule has 1 aromatic heterocycles. The Morgan fingerprint density at radius 3 is 2.67 bits per heavy atom. The quantitative estimate of drug-likeness (QED) is 0.660. The maximum Gasteiger partial charge on any atom is 0.0635 e. The summed E-state index contributed by atoms with van der Waals surface area (Å²) in [6, 6.07) is 0. The fourth-order valence-corrected chi connectivity index (χ4v) is 1.04. The number of rotatable bonds is 1. The van der Waals surface area contributed by atoms with Gasteiger partial charge in [0.25, 0.3) is 0 Å². The van der Waals surface area contributed by atoms with Crippen LogP contribution in [0.25, 0.3) is 0 Å². The van der Waals surface area contributed by atoms with Gasteiger partial charge in [-0.2, -0.15) is 5.10 Å². The van der Waals surface area contributed by atoms with Crippen molar-refractivity contribution in [3.63, 3.8) is 0 Å². The van der Waals surface area contributed by atoms with Crippen LogP contribution in [0.5, 0.6) is 0 Å². The molecule has 0 aliphatic carbocycles. The Balaban J connectivity index is 3.04. The molecule has 0 saturated heterocycles. The third kappa shape index (κ3) is 1.15. The molecule has 0 atom stereocenters. The van der Waals surface area contributed by atoms with Crippen LogP contribution in [0.4, 0.5) is 0 Å². The molecule has 9 heavy (non-hydrogen) atoms. The molecular formula is C6H9BrN2. The number of hydrogen-bond acceptors (Lipinski definition) is 1. The molecule has 1 heterocycles. The summed E-state index contributed by atoms with van der Waals surface area (Å²) in [4.78, 5) is 0. The SMILES string of the molecule is CCn1ncc(Br)c1C. The van der Waals surface area contributed by atoms with Gasteiger partial charge in [0.05, 0.1) is 10.7 Å². The van der Waals surface area contributed by atoms with Gasteiger partial charge in [0.15, 0.2) is 0 Å². The van der Waals surface area contributed by atoms with E-state index < -0.39 is 0 Å². The lowest BCUT2D eigenvalue weighted by molar-refractivity contribution is 0.639. The Morgan fingerprint density at radius 2 is 2.44 bits per heavy atom. The van der Waals surface area contributed by atoms with Crippen LogP contribution in [0.1, 0.15) is 12.6 Å². The molecule has 0 radical (unpaired) electrons. The van der Waals surface area contributed by atoms with Crippen LogP contribution in [0.15, 0.2) is 10.7 Å². The van der Waals surface area contributed by atoms with Gasteiger partial charge in [-0.3, -0.25) is 4.68 Å². The molecule has 0 aromatic carbocycles. The summed E-state index contributed by atoms with van der Waals surface area (Å²) >= 11 is 3.37. The molecule has 0 unspecified atom stereocenters. The number of aryl methyl sites for hydroxylation is 1. The Hall–Kier alpha value is -0.310. The van der Waals surface area contributed by atoms with Gasteiger partial charge in [0.1, 0.15) is 0 Å². The lowest BCUT2D eigenvalue weighted by Crippen LogP contribution is -1.97. The Bertz CT molecular complexity index is 205. The second-order valence-corrected chi connectivity index (χ2v) is 2.75. The molecule has 0 amide bonds. The van der Waals surface area contributed by atoms with Gasteiger partial charge in [0.2, 0.25) is 0 Å². The normalized spacial score (nSPS) is 10.1. The Morgan fingerprint density at radius 1 is 1.78 bits per heavy atom. The second-order valence-electron chi connectivity index (χ2n) is 1.89. The van der Waals surface area contributed by atoms with Gasteiger partial charge in [0, 0.05) is 12.2 Å². The van der Waals surface area contributed by atoms with Crippen LogP contribution < -0.4 is 0 Å². The van der Waals surface area contributed by atoms with Crippen molar-refractivity contribution in [1.29, 1.82) is 0 Å². The van der Waals surface area contributed by atoms with Gasteiger partial charge in [-0.25, -0.2) is 0 Å². The van der Waals surface area contributed by atoms with Crippen molar-refractivity contribution in [3.05, 3.63) is 16.4 Å². The maximum atomic E-state index is 4.10. The summed E-state index contributed by atoms with van der Waals surface area (Å²) in [5.74, 6) is 0. The van der Waals surface area contributed by atoms with Gasteiger partial charge in [-0.1, -0.05) is 0 Å². The van der Waals surface area contributed by atoms with Gasteiger partial charge >= 0.3 is 0 Å². The van der Waals surface area contributed by atoms with Crippen LogP contribution in [-0.2, 0) is 6.54 Å². The zero-order valence-corrected chi connectivity index (χ0v) is 7.14. The van der Waals surface area contributed by atoms with E-state index in [1.54, 1.807) is 0 Å². The number of hydrogen-bond donors (Lipinski definition) is 0. The standard InChI is InChI=1S/C6H9BrN2/c1-3-9-5(2)6(7)4-8-9/h4H,3H2,1-2H3. The summed E-state index contributed by atoms with van der Waals surface area (Å²) < 4.78 is 3.04. The molecule has 0 bridgehead atoms. The highest BCUT2D eigenvalue weighted by Gasteiger charge is 1.98. The molecule has 0 spiro atoms. The molecule has 1 rings (SSSR count). The van der Waals surface area contributed by atoms with Gasteiger partial charge in [-0.05, 0) is 29.8 Å². The zero-order chi connectivity index (χ0) is 6.85. The van der Waals surface area contributed by atoms with E-state index in [-0.39, 0.29) is 0 Å². The first-order valence-corrected chi connectivity index (χ1v) is 3.73. The molecule has 50 valence electrons. The minimum Gasteiger partial charge on any atom is -0.269 e. The van der Waals surface area contributed by atoms with E-state index in [1.165, 1.54) is 5.69 Å². The lowest BCUT2D eigenvalue weighted by atomic mass is 10.5. The number of aromatic nitrogens is 2. The van der Waals surface area contributed by atoms with Crippen molar-refractivity contribution >= 4 is 15.9 Å². The van der Waals surface area contributed by atoms with Gasteiger partial charge in [-0.15, -0.1) is 0 Å². The minimum atomic E-state index is 0.942. The molecule has 2 nitrogen and oxygen atoms in total. The summed E-state index contributed by atoms with van der Waals surface area (Å²) in [7, 11) is 0. The molecule has 0 aliphatic rings. The summed E-state index contributed by atoms with van der Waals surface area (Å²) in [6.45, 7) is 5.06. The average molecular weight is 189 g/mol. The Kier molecular flexibility index (Phi) is 1.90. The molecule has 0 N–H and O–H groups in total. The highest BCUT2D eigenvalue weighted by Crippen LogP contribution is 2.13. The summed E-state index contributed by atoms with van der Waals surface area (Å²) in [5, 5.41) is 4.10. The van der Waals surface area contributed by atoms with E-state index >= 15 is 0 Å². The molecule has 3 heteroatoms. The van der Waals surface area contributed by atoms with E-state index in [0.29, 0.717) is 0 Å². The second kappa shape index (κ2) is 2.52. The fraction of sp³-hybridized carbons (Fsp3) is 0.500. The lowest BCUT2D eigenvalue weighted by Gasteiger charge is -1.96. The molecule has 0 fully saturated rings. The number of nitrogens with zero attached hydrogens (tertiary/aromatic N) is 2. The fourth-order valence-electron chi connectivity index (χ4n) is 0.743. The predicted molar refractivity (Wildman–Crippen MR) is 40.3 cm³/mol. The molecular weight excluding hydrogens is 180 g/mol. The van der Waals surface area contributed by atoms with Crippen LogP contribution in [0.3, 0.4) is 0 Å². The Labute approximate surface area is 63.0 Å². The van der Waals surface area contributed by atoms with Crippen molar-refractivity contribution in [1.82, 2.24) is 9.78 Å². The van der Waals surface area contributed by atoms with Crippen molar-refractivity contribution in [2.24, 2.45) is 0 Å². The summed E-state index contributed by atoms with van der Waals surface area (Å²) in [5.41, 5.74) is 1.19. The highest BCUT2D eigenvalue weighted by atomic mass is 79.9. The highest BCUT2D eigenvalue weighted by molar-refractivity contribution is 9.10. The van der Waals surface area contributed by atoms with Crippen LogP contribution in [0.2, 0.25) is 0 Å². The largest absolute Gasteiger partial charge is 0.269 e. The molecule has 0 saturated carbocycles. The van der Waals surface area contributed by atoms with Crippen molar-refractivity contribution < 1.29 is 0 Å². The van der Waals surface area contributed by atoms with E-state index in [2.05, 4.69) is 28.0 Å². The topological polar surface area (TPSA) is 17.8 Å². The monoisotopic (exact) mass is 188 g/mol. The van der Waals surface area contributed by atoms with E-state index in [9.17, 15) is 0 Å². The van der Waals surface area contributed by atoms with Gasteiger partial charge < -0.3 is 0 Å². The maximum absolute atomic E-state index is 4.10. The van der Waals surface area contributed by atoms with E-state index in [0.717, 1.165) is 11.0 Å². The zero-order valence-electron chi connectivity index (χ0n) is 5.56. The molecule has 0 aliphatic heterocycles. The summed E-state index contributed by atoms with van der Waals surface area (Å²) in [6.07, 6.45) is 1.82. The smallest absolute Gasteiger partial charge is 0.0635 e. The van der Waals surface area contributed by atoms with E-state index in [1.807, 2.05) is 17.8 Å². The number of halogens is 1. The van der Waals surface area contributed by atoms with Crippen LogP contribution in [0, 0.1) is 6.92 Å². The first-order chi connectivity index (χ1) is 4.25. The predicted octanol–water partition coefficient (Wildman–Crippen LogP) is 1.97. The first kappa shape index (κ1) is 6.81. The average Bonchev–Trinajstić information content (AvgIpc) is 2.15. The minimum absolute atomic E-state index is 0.942. The third-order valence-corrected chi connectivity index (χ3v) is 2.12. The molecule has 1 aromatic rings.